The van der Waals surface area contributed by atoms with Crippen LogP contribution in [0.3, 0.4) is 0 Å². The molecule has 1 aliphatic rings. The second-order valence-corrected chi connectivity index (χ2v) is 5.88. The number of halogens is 1. The van der Waals surface area contributed by atoms with E-state index in [2.05, 4.69) is 6.92 Å². The third-order valence-electron chi connectivity index (χ3n) is 4.15. The van der Waals surface area contributed by atoms with Crippen molar-refractivity contribution >= 4 is 11.6 Å². The smallest absolute Gasteiger partial charge is 0.0471 e. The molecule has 0 aliphatic carbocycles. The SMILES string of the molecule is CCCCCCCCCC1(CCl)CCOCC1. The van der Waals surface area contributed by atoms with Gasteiger partial charge in [0, 0.05) is 19.1 Å². The molecule has 0 bridgehead atoms. The van der Waals surface area contributed by atoms with Gasteiger partial charge in [-0.15, -0.1) is 11.6 Å². The number of rotatable bonds is 9. The number of alkyl halides is 1. The fourth-order valence-electron chi connectivity index (χ4n) is 2.71. The van der Waals surface area contributed by atoms with Gasteiger partial charge in [0.2, 0.25) is 0 Å². The lowest BCUT2D eigenvalue weighted by molar-refractivity contribution is 0.0203. The Labute approximate surface area is 112 Å². The van der Waals surface area contributed by atoms with E-state index in [1.54, 1.807) is 0 Å². The average Bonchev–Trinajstić information content (AvgIpc) is 2.39. The lowest BCUT2D eigenvalue weighted by Crippen LogP contribution is -2.31. The maximum Gasteiger partial charge on any atom is 0.0471 e. The van der Waals surface area contributed by atoms with Gasteiger partial charge in [0.15, 0.2) is 0 Å². The van der Waals surface area contributed by atoms with Crippen LogP contribution >= 0.6 is 11.6 Å². The molecule has 0 N–H and O–H groups in total. The van der Waals surface area contributed by atoms with E-state index in [9.17, 15) is 0 Å². The molecule has 2 heteroatoms. The Morgan fingerprint density at radius 3 is 2.12 bits per heavy atom. The van der Waals surface area contributed by atoms with E-state index in [4.69, 9.17) is 16.3 Å². The predicted molar refractivity (Wildman–Crippen MR) is 75.8 cm³/mol. The van der Waals surface area contributed by atoms with Crippen molar-refractivity contribution in [3.8, 4) is 0 Å². The highest BCUT2D eigenvalue weighted by Gasteiger charge is 2.30. The zero-order valence-corrected chi connectivity index (χ0v) is 12.2. The normalized spacial score (nSPS) is 19.4. The number of unbranched alkanes of at least 4 members (excludes halogenated alkanes) is 6. The quantitative estimate of drug-likeness (QED) is 0.411. The molecule has 0 unspecified atom stereocenters. The summed E-state index contributed by atoms with van der Waals surface area (Å²) < 4.78 is 5.44. The van der Waals surface area contributed by atoms with Crippen molar-refractivity contribution < 1.29 is 4.74 Å². The zero-order chi connectivity index (χ0) is 12.4. The van der Waals surface area contributed by atoms with Crippen LogP contribution in [0.2, 0.25) is 0 Å². The lowest BCUT2D eigenvalue weighted by atomic mass is 9.77. The van der Waals surface area contributed by atoms with Crippen LogP contribution in [0, 0.1) is 5.41 Å². The molecule has 0 aromatic carbocycles. The summed E-state index contributed by atoms with van der Waals surface area (Å²) in [4.78, 5) is 0. The van der Waals surface area contributed by atoms with Crippen LogP contribution in [0.25, 0.3) is 0 Å². The molecule has 0 spiro atoms. The maximum absolute atomic E-state index is 6.16. The van der Waals surface area contributed by atoms with Gasteiger partial charge in [-0.05, 0) is 24.7 Å². The van der Waals surface area contributed by atoms with Crippen LogP contribution in [0.5, 0.6) is 0 Å². The van der Waals surface area contributed by atoms with E-state index < -0.39 is 0 Å². The van der Waals surface area contributed by atoms with Crippen LogP contribution in [-0.4, -0.2) is 19.1 Å². The van der Waals surface area contributed by atoms with Gasteiger partial charge in [0.1, 0.15) is 0 Å². The molecule has 17 heavy (non-hydrogen) atoms. The summed E-state index contributed by atoms with van der Waals surface area (Å²) in [5.41, 5.74) is 0.406. The minimum absolute atomic E-state index is 0.406. The molecule has 1 saturated heterocycles. The Kier molecular flexibility index (Phi) is 8.30. The van der Waals surface area contributed by atoms with E-state index in [0.29, 0.717) is 5.41 Å². The van der Waals surface area contributed by atoms with E-state index >= 15 is 0 Å². The summed E-state index contributed by atoms with van der Waals surface area (Å²) in [5, 5.41) is 0. The van der Waals surface area contributed by atoms with Crippen LogP contribution in [0.15, 0.2) is 0 Å². The van der Waals surface area contributed by atoms with E-state index in [1.165, 1.54) is 64.2 Å². The Bertz CT molecular complexity index is 176. The van der Waals surface area contributed by atoms with Gasteiger partial charge < -0.3 is 4.74 Å². The summed E-state index contributed by atoms with van der Waals surface area (Å²) in [7, 11) is 0. The summed E-state index contributed by atoms with van der Waals surface area (Å²) in [6.45, 7) is 4.11. The maximum atomic E-state index is 6.16. The second kappa shape index (κ2) is 9.22. The zero-order valence-electron chi connectivity index (χ0n) is 11.5. The van der Waals surface area contributed by atoms with Crippen LogP contribution < -0.4 is 0 Å². The fourth-order valence-corrected chi connectivity index (χ4v) is 3.11. The Balaban J connectivity index is 2.03. The first-order chi connectivity index (χ1) is 8.33. The van der Waals surface area contributed by atoms with Crippen LogP contribution in [-0.2, 0) is 4.74 Å². The van der Waals surface area contributed by atoms with Crippen molar-refractivity contribution in [2.24, 2.45) is 5.41 Å². The third-order valence-corrected chi connectivity index (χ3v) is 4.71. The standard InChI is InChI=1S/C15H29ClO/c1-2-3-4-5-6-7-8-9-15(14-16)10-12-17-13-11-15/h2-14H2,1H3. The average molecular weight is 261 g/mol. The molecule has 0 amide bonds. The Morgan fingerprint density at radius 1 is 0.941 bits per heavy atom. The first kappa shape index (κ1) is 15.3. The summed E-state index contributed by atoms with van der Waals surface area (Å²) in [6.07, 6.45) is 13.4. The molecule has 1 rings (SSSR count). The highest BCUT2D eigenvalue weighted by Crippen LogP contribution is 2.37. The first-order valence-electron chi connectivity index (χ1n) is 7.47. The number of hydrogen-bond acceptors (Lipinski definition) is 1. The Morgan fingerprint density at radius 2 is 1.53 bits per heavy atom. The monoisotopic (exact) mass is 260 g/mol. The third kappa shape index (κ3) is 6.10. The van der Waals surface area contributed by atoms with Crippen LogP contribution in [0.1, 0.15) is 71.1 Å². The Hall–Kier alpha value is 0.250. The van der Waals surface area contributed by atoms with Crippen molar-refractivity contribution in [3.63, 3.8) is 0 Å². The fraction of sp³-hybridized carbons (Fsp3) is 1.00. The number of ether oxygens (including phenoxy) is 1. The number of hydrogen-bond donors (Lipinski definition) is 0. The van der Waals surface area contributed by atoms with Crippen molar-refractivity contribution in [2.45, 2.75) is 71.1 Å². The van der Waals surface area contributed by atoms with Crippen molar-refractivity contribution in [2.75, 3.05) is 19.1 Å². The van der Waals surface area contributed by atoms with E-state index in [-0.39, 0.29) is 0 Å². The minimum Gasteiger partial charge on any atom is -0.381 e. The topological polar surface area (TPSA) is 9.23 Å². The van der Waals surface area contributed by atoms with Gasteiger partial charge in [-0.1, -0.05) is 51.9 Å². The summed E-state index contributed by atoms with van der Waals surface area (Å²) in [6, 6.07) is 0. The van der Waals surface area contributed by atoms with Gasteiger partial charge in [0.05, 0.1) is 0 Å². The molecule has 1 fully saturated rings. The molecule has 1 heterocycles. The van der Waals surface area contributed by atoms with E-state index in [1.807, 2.05) is 0 Å². The molecule has 0 atom stereocenters. The molecule has 0 aromatic heterocycles. The molecule has 1 nitrogen and oxygen atoms in total. The molecule has 0 aromatic rings. The first-order valence-corrected chi connectivity index (χ1v) is 8.00. The molecule has 0 saturated carbocycles. The van der Waals surface area contributed by atoms with Gasteiger partial charge in [-0.25, -0.2) is 0 Å². The molecular formula is C15H29ClO. The van der Waals surface area contributed by atoms with Gasteiger partial charge in [0.25, 0.3) is 0 Å². The van der Waals surface area contributed by atoms with Crippen LogP contribution in [0.4, 0.5) is 0 Å². The largest absolute Gasteiger partial charge is 0.381 e. The van der Waals surface area contributed by atoms with Crippen molar-refractivity contribution in [1.29, 1.82) is 0 Å². The van der Waals surface area contributed by atoms with Gasteiger partial charge in [-0.3, -0.25) is 0 Å². The second-order valence-electron chi connectivity index (χ2n) is 5.62. The minimum atomic E-state index is 0.406. The van der Waals surface area contributed by atoms with Gasteiger partial charge in [-0.2, -0.15) is 0 Å². The summed E-state index contributed by atoms with van der Waals surface area (Å²) in [5.74, 6) is 0.826. The van der Waals surface area contributed by atoms with Gasteiger partial charge >= 0.3 is 0 Å². The molecular weight excluding hydrogens is 232 g/mol. The highest BCUT2D eigenvalue weighted by atomic mass is 35.5. The molecule has 0 radical (unpaired) electrons. The lowest BCUT2D eigenvalue weighted by Gasteiger charge is -2.35. The summed E-state index contributed by atoms with van der Waals surface area (Å²) >= 11 is 6.16. The highest BCUT2D eigenvalue weighted by molar-refractivity contribution is 6.18. The molecule has 102 valence electrons. The molecule has 1 aliphatic heterocycles. The van der Waals surface area contributed by atoms with Crippen molar-refractivity contribution in [1.82, 2.24) is 0 Å². The van der Waals surface area contributed by atoms with Crippen molar-refractivity contribution in [3.05, 3.63) is 0 Å². The predicted octanol–water partition coefficient (Wildman–Crippen LogP) is 5.16. The van der Waals surface area contributed by atoms with E-state index in [0.717, 1.165) is 19.1 Å².